The lowest BCUT2D eigenvalue weighted by molar-refractivity contribution is -0.0956. The van der Waals surface area contributed by atoms with Gasteiger partial charge in [0, 0.05) is 6.04 Å². The third-order valence-electron chi connectivity index (χ3n) is 4.62. The lowest BCUT2D eigenvalue weighted by Crippen LogP contribution is -2.51. The molecule has 0 N–H and O–H groups in total. The average Bonchev–Trinajstić information content (AvgIpc) is 2.15. The van der Waals surface area contributed by atoms with Crippen LogP contribution in [0.1, 0.15) is 60.8 Å². The maximum atomic E-state index is 14.3. The molecule has 0 aromatic carbocycles. The van der Waals surface area contributed by atoms with E-state index < -0.39 is 5.67 Å². The zero-order chi connectivity index (χ0) is 13.3. The molecule has 0 unspecified atom stereocenters. The van der Waals surface area contributed by atoms with Crippen LogP contribution in [-0.2, 0) is 0 Å². The summed E-state index contributed by atoms with van der Waals surface area (Å²) in [6.07, 6.45) is 2.65. The van der Waals surface area contributed by atoms with Gasteiger partial charge in [-0.15, -0.1) is 0 Å². The normalized spacial score (nSPS) is 33.5. The summed E-state index contributed by atoms with van der Waals surface area (Å²) in [5, 5.41) is 0. The molecule has 1 fully saturated rings. The summed E-state index contributed by atoms with van der Waals surface area (Å²) in [5.41, 5.74) is -0.648. The highest BCUT2D eigenvalue weighted by Gasteiger charge is 2.53. The van der Waals surface area contributed by atoms with Gasteiger partial charge in [-0.3, -0.25) is 0 Å². The molecular weight excluding hydrogens is 213 g/mol. The Morgan fingerprint density at radius 2 is 1.71 bits per heavy atom. The Bertz CT molecular complexity index is 241. The molecule has 1 rings (SSSR count). The number of alkyl halides is 1. The lowest BCUT2D eigenvalue weighted by Gasteiger charge is -2.52. The number of hydrogen-bond donors (Lipinski definition) is 0. The van der Waals surface area contributed by atoms with Gasteiger partial charge in [-0.1, -0.05) is 27.7 Å². The molecule has 102 valence electrons. The third kappa shape index (κ3) is 3.43. The molecular formula is C15H30FN. The van der Waals surface area contributed by atoms with Crippen molar-refractivity contribution in [2.24, 2.45) is 11.3 Å². The van der Waals surface area contributed by atoms with Crippen LogP contribution in [0.15, 0.2) is 0 Å². The van der Waals surface area contributed by atoms with Gasteiger partial charge in [-0.2, -0.15) is 0 Å². The van der Waals surface area contributed by atoms with E-state index in [9.17, 15) is 4.39 Å². The van der Waals surface area contributed by atoms with Crippen LogP contribution >= 0.6 is 0 Å². The largest absolute Gasteiger partial charge is 0.301 e. The highest BCUT2D eigenvalue weighted by molar-refractivity contribution is 5.04. The van der Waals surface area contributed by atoms with Crippen LogP contribution in [-0.4, -0.2) is 29.7 Å². The van der Waals surface area contributed by atoms with E-state index in [4.69, 9.17) is 0 Å². The van der Waals surface area contributed by atoms with Crippen LogP contribution in [0.3, 0.4) is 0 Å². The molecule has 0 aliphatic heterocycles. The third-order valence-corrected chi connectivity index (χ3v) is 4.62. The summed E-state index contributed by atoms with van der Waals surface area (Å²) >= 11 is 0. The van der Waals surface area contributed by atoms with Gasteiger partial charge in [0.1, 0.15) is 5.67 Å². The minimum atomic E-state index is -0.885. The minimum absolute atomic E-state index is 0.169. The summed E-state index contributed by atoms with van der Waals surface area (Å²) in [6.45, 7) is 15.1. The van der Waals surface area contributed by atoms with Gasteiger partial charge in [-0.25, -0.2) is 4.39 Å². The molecule has 2 heteroatoms. The summed E-state index contributed by atoms with van der Waals surface area (Å²) in [7, 11) is 0. The van der Waals surface area contributed by atoms with E-state index in [1.165, 1.54) is 0 Å². The monoisotopic (exact) mass is 243 g/mol. The van der Waals surface area contributed by atoms with Crippen molar-refractivity contribution in [2.45, 2.75) is 72.5 Å². The highest BCUT2D eigenvalue weighted by Crippen LogP contribution is 2.56. The van der Waals surface area contributed by atoms with Crippen molar-refractivity contribution in [3.05, 3.63) is 0 Å². The summed E-state index contributed by atoms with van der Waals surface area (Å²) in [5.74, 6) is 0.169. The molecule has 0 atom stereocenters. The first-order valence-electron chi connectivity index (χ1n) is 7.15. The van der Waals surface area contributed by atoms with E-state index >= 15 is 0 Å². The van der Waals surface area contributed by atoms with Crippen LogP contribution in [0.2, 0.25) is 0 Å². The Kier molecular flexibility index (Phi) is 4.62. The molecule has 1 aliphatic carbocycles. The first-order chi connectivity index (χ1) is 7.72. The second kappa shape index (κ2) is 5.26. The van der Waals surface area contributed by atoms with Gasteiger partial charge in [0.25, 0.3) is 0 Å². The zero-order valence-electron chi connectivity index (χ0n) is 12.5. The van der Waals surface area contributed by atoms with Gasteiger partial charge in [0.2, 0.25) is 0 Å². The zero-order valence-corrected chi connectivity index (χ0v) is 12.5. The van der Waals surface area contributed by atoms with E-state index in [-0.39, 0.29) is 11.3 Å². The van der Waals surface area contributed by atoms with E-state index in [1.54, 1.807) is 0 Å². The van der Waals surface area contributed by atoms with Crippen molar-refractivity contribution < 1.29 is 4.39 Å². The van der Waals surface area contributed by atoms with Crippen molar-refractivity contribution in [1.82, 2.24) is 4.90 Å². The molecule has 0 spiro atoms. The van der Waals surface area contributed by atoms with Gasteiger partial charge < -0.3 is 4.90 Å². The Balaban J connectivity index is 2.39. The van der Waals surface area contributed by atoms with E-state index in [2.05, 4.69) is 32.6 Å². The second-order valence-corrected chi connectivity index (χ2v) is 6.83. The topological polar surface area (TPSA) is 3.24 Å². The molecule has 0 heterocycles. The van der Waals surface area contributed by atoms with E-state index in [0.717, 1.165) is 32.4 Å². The van der Waals surface area contributed by atoms with Crippen LogP contribution < -0.4 is 0 Å². The molecule has 0 radical (unpaired) electrons. The Morgan fingerprint density at radius 3 is 2.06 bits per heavy atom. The fourth-order valence-corrected chi connectivity index (χ4v) is 3.15. The minimum Gasteiger partial charge on any atom is -0.301 e. The summed E-state index contributed by atoms with van der Waals surface area (Å²) in [6, 6.07) is 0.601. The SMILES string of the molecule is CCN(CCC1(C)CC(F)(C(C)C)C1)C(C)C. The molecule has 0 amide bonds. The van der Waals surface area contributed by atoms with Crippen molar-refractivity contribution >= 4 is 0 Å². The van der Waals surface area contributed by atoms with Gasteiger partial charge >= 0.3 is 0 Å². The van der Waals surface area contributed by atoms with Crippen LogP contribution in [0.5, 0.6) is 0 Å². The molecule has 1 aliphatic rings. The molecule has 17 heavy (non-hydrogen) atoms. The highest BCUT2D eigenvalue weighted by atomic mass is 19.1. The van der Waals surface area contributed by atoms with Gasteiger partial charge in [-0.05, 0) is 57.5 Å². The quantitative estimate of drug-likeness (QED) is 0.673. The molecule has 0 aromatic rings. The smallest absolute Gasteiger partial charge is 0.114 e. The van der Waals surface area contributed by atoms with Crippen molar-refractivity contribution in [1.29, 1.82) is 0 Å². The van der Waals surface area contributed by atoms with Crippen molar-refractivity contribution in [2.75, 3.05) is 13.1 Å². The standard InChI is InChI=1S/C15H30FN/c1-7-17(13(4)5)9-8-14(6)10-15(16,11-14)12(2)3/h12-13H,7-11H2,1-6H3. The Morgan fingerprint density at radius 1 is 1.18 bits per heavy atom. The van der Waals surface area contributed by atoms with Gasteiger partial charge in [0.05, 0.1) is 0 Å². The molecule has 1 nitrogen and oxygen atoms in total. The Labute approximate surface area is 107 Å². The number of hydrogen-bond acceptors (Lipinski definition) is 1. The van der Waals surface area contributed by atoms with Gasteiger partial charge in [0.15, 0.2) is 0 Å². The molecule has 1 saturated carbocycles. The second-order valence-electron chi connectivity index (χ2n) is 6.83. The van der Waals surface area contributed by atoms with Crippen molar-refractivity contribution in [3.63, 3.8) is 0 Å². The van der Waals surface area contributed by atoms with Crippen LogP contribution in [0.4, 0.5) is 4.39 Å². The van der Waals surface area contributed by atoms with Crippen molar-refractivity contribution in [3.8, 4) is 0 Å². The molecule has 0 bridgehead atoms. The summed E-state index contributed by atoms with van der Waals surface area (Å²) in [4.78, 5) is 2.47. The average molecular weight is 243 g/mol. The predicted molar refractivity (Wildman–Crippen MR) is 73.0 cm³/mol. The number of halogens is 1. The van der Waals surface area contributed by atoms with E-state index in [1.807, 2.05) is 13.8 Å². The maximum Gasteiger partial charge on any atom is 0.114 e. The molecule has 0 saturated heterocycles. The summed E-state index contributed by atoms with van der Waals surface area (Å²) < 4.78 is 14.3. The van der Waals surface area contributed by atoms with Crippen LogP contribution in [0.25, 0.3) is 0 Å². The van der Waals surface area contributed by atoms with E-state index in [0.29, 0.717) is 6.04 Å². The maximum absolute atomic E-state index is 14.3. The lowest BCUT2D eigenvalue weighted by atomic mass is 9.56. The number of rotatable bonds is 6. The fourth-order valence-electron chi connectivity index (χ4n) is 3.15. The predicted octanol–water partition coefficient (Wildman–Crippen LogP) is 4.27. The fraction of sp³-hybridized carbons (Fsp3) is 1.00. The first kappa shape index (κ1) is 14.9. The Hall–Kier alpha value is -0.110. The first-order valence-corrected chi connectivity index (χ1v) is 7.15. The number of nitrogens with zero attached hydrogens (tertiary/aromatic N) is 1. The van der Waals surface area contributed by atoms with Crippen LogP contribution in [0, 0.1) is 11.3 Å². The molecule has 0 aromatic heterocycles.